The zero-order chi connectivity index (χ0) is 40.0. The number of carboxylic acids is 1. The Morgan fingerprint density at radius 3 is 1.91 bits per heavy atom. The van der Waals surface area contributed by atoms with Crippen LogP contribution in [0.2, 0.25) is 0 Å². The second kappa shape index (κ2) is 20.9. The predicted octanol–water partition coefficient (Wildman–Crippen LogP) is -0.311. The molecule has 2 rings (SSSR count). The lowest BCUT2D eigenvalue weighted by atomic mass is 9.97. The number of carbonyl (C=O) groups excluding carboxylic acids is 5. The first kappa shape index (κ1) is 44.2. The molecule has 1 aromatic rings. The summed E-state index contributed by atoms with van der Waals surface area (Å²) in [5.41, 5.74) is 17.4. The Morgan fingerprint density at radius 2 is 1.38 bits per heavy atom. The van der Waals surface area contributed by atoms with E-state index in [1.165, 1.54) is 17.0 Å². The fourth-order valence-corrected chi connectivity index (χ4v) is 6.01. The molecule has 1 saturated heterocycles. The number of carbonyl (C=O) groups is 6. The lowest BCUT2D eigenvalue weighted by Gasteiger charge is -2.31. The maximum Gasteiger partial charge on any atom is 0.326 e. The molecule has 17 heteroatoms. The molecule has 0 aromatic heterocycles. The van der Waals surface area contributed by atoms with E-state index >= 15 is 0 Å². The molecule has 1 aliphatic heterocycles. The van der Waals surface area contributed by atoms with E-state index in [0.717, 1.165) is 0 Å². The molecule has 296 valence electrons. The molecule has 53 heavy (non-hydrogen) atoms. The van der Waals surface area contributed by atoms with Crippen molar-refractivity contribution in [3.05, 3.63) is 29.8 Å². The highest BCUT2D eigenvalue weighted by Crippen LogP contribution is 2.21. The maximum absolute atomic E-state index is 13.8. The zero-order valence-electron chi connectivity index (χ0n) is 31.6. The van der Waals surface area contributed by atoms with Crippen LogP contribution >= 0.6 is 0 Å². The first-order valence-electron chi connectivity index (χ1n) is 18.2. The topological polar surface area (TPSA) is 285 Å². The lowest BCUT2D eigenvalue weighted by Crippen LogP contribution is -2.61. The Bertz CT molecular complexity index is 1450. The van der Waals surface area contributed by atoms with E-state index in [-0.39, 0.29) is 50.0 Å². The van der Waals surface area contributed by atoms with Crippen LogP contribution in [-0.4, -0.2) is 106 Å². The third-order valence-corrected chi connectivity index (χ3v) is 8.95. The summed E-state index contributed by atoms with van der Waals surface area (Å²) in [7, 11) is 0. The van der Waals surface area contributed by atoms with Gasteiger partial charge in [0.25, 0.3) is 0 Å². The van der Waals surface area contributed by atoms with Gasteiger partial charge >= 0.3 is 5.97 Å². The third kappa shape index (κ3) is 14.2. The number of aliphatic imine (C=N–C) groups is 1. The molecule has 1 aliphatic rings. The van der Waals surface area contributed by atoms with Crippen molar-refractivity contribution in [2.24, 2.45) is 39.9 Å². The third-order valence-electron chi connectivity index (χ3n) is 8.95. The van der Waals surface area contributed by atoms with Gasteiger partial charge in [-0.2, -0.15) is 0 Å². The minimum atomic E-state index is -1.17. The first-order chi connectivity index (χ1) is 24.8. The summed E-state index contributed by atoms with van der Waals surface area (Å²) in [4.78, 5) is 84.9. The molecule has 0 saturated carbocycles. The largest absolute Gasteiger partial charge is 0.508 e. The van der Waals surface area contributed by atoms with E-state index in [1.54, 1.807) is 39.8 Å². The molecule has 17 nitrogen and oxygen atoms in total. The number of nitrogens with two attached hydrogens (primary N) is 3. The molecule has 0 bridgehead atoms. The minimum absolute atomic E-state index is 0.00700. The van der Waals surface area contributed by atoms with E-state index in [0.29, 0.717) is 24.8 Å². The van der Waals surface area contributed by atoms with Gasteiger partial charge in [-0.15, -0.1) is 0 Å². The van der Waals surface area contributed by atoms with Crippen molar-refractivity contribution >= 4 is 41.5 Å². The van der Waals surface area contributed by atoms with Gasteiger partial charge in [-0.1, -0.05) is 53.7 Å². The van der Waals surface area contributed by atoms with Crippen LogP contribution in [0.1, 0.15) is 79.2 Å². The zero-order valence-corrected chi connectivity index (χ0v) is 31.6. The Balaban J connectivity index is 2.25. The van der Waals surface area contributed by atoms with Crippen LogP contribution in [0.15, 0.2) is 29.3 Å². The van der Waals surface area contributed by atoms with Crippen molar-refractivity contribution in [3.8, 4) is 5.75 Å². The van der Waals surface area contributed by atoms with Crippen molar-refractivity contribution in [3.63, 3.8) is 0 Å². The van der Waals surface area contributed by atoms with Crippen molar-refractivity contribution in [2.75, 3.05) is 13.1 Å². The summed E-state index contributed by atoms with van der Waals surface area (Å²) >= 11 is 0. The van der Waals surface area contributed by atoms with Crippen molar-refractivity contribution in [1.82, 2.24) is 26.2 Å². The van der Waals surface area contributed by atoms with E-state index in [1.807, 2.05) is 13.8 Å². The van der Waals surface area contributed by atoms with Crippen LogP contribution in [0.3, 0.4) is 0 Å². The fourth-order valence-electron chi connectivity index (χ4n) is 6.01. The van der Waals surface area contributed by atoms with Crippen LogP contribution in [-0.2, 0) is 35.2 Å². The summed E-state index contributed by atoms with van der Waals surface area (Å²) in [5, 5.41) is 30.3. The van der Waals surface area contributed by atoms with Crippen molar-refractivity contribution in [1.29, 1.82) is 0 Å². The summed E-state index contributed by atoms with van der Waals surface area (Å²) < 4.78 is 0. The van der Waals surface area contributed by atoms with Gasteiger partial charge in [0.05, 0.1) is 6.04 Å². The molecule has 5 amide bonds. The minimum Gasteiger partial charge on any atom is -0.508 e. The van der Waals surface area contributed by atoms with Crippen LogP contribution in [0.5, 0.6) is 5.75 Å². The number of guanidine groups is 1. The van der Waals surface area contributed by atoms with Gasteiger partial charge in [0, 0.05) is 19.5 Å². The average molecular weight is 746 g/mol. The van der Waals surface area contributed by atoms with Crippen LogP contribution in [0, 0.1) is 17.8 Å². The molecule has 1 aromatic carbocycles. The van der Waals surface area contributed by atoms with Gasteiger partial charge in [0.1, 0.15) is 36.0 Å². The number of nitrogens with zero attached hydrogens (tertiary/aromatic N) is 2. The number of amides is 5. The molecule has 1 heterocycles. The molecular weight excluding hydrogens is 686 g/mol. The van der Waals surface area contributed by atoms with Gasteiger partial charge in [-0.3, -0.25) is 29.0 Å². The summed E-state index contributed by atoms with van der Waals surface area (Å²) in [6.07, 6.45) is 1.76. The Hall–Kier alpha value is -4.93. The molecule has 0 spiro atoms. The van der Waals surface area contributed by atoms with Crippen LogP contribution < -0.4 is 38.5 Å². The average Bonchev–Trinajstić information content (AvgIpc) is 3.57. The molecule has 0 aliphatic carbocycles. The highest BCUT2D eigenvalue weighted by molar-refractivity contribution is 5.96. The van der Waals surface area contributed by atoms with E-state index in [2.05, 4.69) is 26.3 Å². The molecular formula is C36H59N9O8. The van der Waals surface area contributed by atoms with Crippen molar-refractivity contribution < 1.29 is 39.0 Å². The smallest absolute Gasteiger partial charge is 0.326 e. The number of rotatable bonds is 20. The van der Waals surface area contributed by atoms with Gasteiger partial charge in [0.2, 0.25) is 29.5 Å². The Labute approximate surface area is 311 Å². The second-order valence-electron chi connectivity index (χ2n) is 14.7. The molecule has 1 fully saturated rings. The molecule has 6 atom stereocenters. The second-order valence-corrected chi connectivity index (χ2v) is 14.7. The van der Waals surface area contributed by atoms with E-state index < -0.39 is 83.6 Å². The lowest BCUT2D eigenvalue weighted by molar-refractivity contribution is -0.149. The number of carboxylic acid groups (broad SMARTS) is 1. The quantitative estimate of drug-likeness (QED) is 0.0474. The molecule has 0 unspecified atom stereocenters. The Morgan fingerprint density at radius 1 is 0.830 bits per heavy atom. The number of aliphatic carboxylic acids is 1. The molecule has 12 N–H and O–H groups in total. The normalized spacial score (nSPS) is 17.0. The monoisotopic (exact) mass is 745 g/mol. The summed E-state index contributed by atoms with van der Waals surface area (Å²) in [6, 6.07) is -0.313. The number of aromatic hydroxyl groups is 1. The number of benzene rings is 1. The molecule has 0 radical (unpaired) electrons. The SMILES string of the molecule is CC(C)C[C@H](NC(=O)[C@@H](NC(=O)[C@@H](NC(=O)[C@H](Cc1ccc(O)cc1)NC(=O)[C@@H](N)CCCN=C(N)N)C(C)C)C(C)C)C(=O)N1CCC[C@H]1C(=O)O. The van der Waals surface area contributed by atoms with Gasteiger partial charge in [-0.25, -0.2) is 4.79 Å². The van der Waals surface area contributed by atoms with Crippen molar-refractivity contribution in [2.45, 2.75) is 116 Å². The van der Waals surface area contributed by atoms with Gasteiger partial charge in [0.15, 0.2) is 5.96 Å². The maximum atomic E-state index is 13.8. The van der Waals surface area contributed by atoms with Crippen LogP contribution in [0.4, 0.5) is 0 Å². The number of phenolic OH excluding ortho intramolecular Hbond substituents is 1. The fraction of sp³-hybridized carbons (Fsp3) is 0.639. The van der Waals surface area contributed by atoms with Gasteiger partial charge in [-0.05, 0) is 67.6 Å². The van der Waals surface area contributed by atoms with E-state index in [9.17, 15) is 39.0 Å². The Kier molecular flexibility index (Phi) is 17.5. The summed E-state index contributed by atoms with van der Waals surface area (Å²) in [5.74, 6) is -5.16. The number of hydrogen-bond donors (Lipinski definition) is 9. The van der Waals surface area contributed by atoms with E-state index in [4.69, 9.17) is 17.2 Å². The number of likely N-dealkylation sites (tertiary alicyclic amines) is 1. The van der Waals surface area contributed by atoms with Crippen LogP contribution in [0.25, 0.3) is 0 Å². The highest BCUT2D eigenvalue weighted by atomic mass is 16.4. The predicted molar refractivity (Wildman–Crippen MR) is 199 cm³/mol. The number of phenols is 1. The van der Waals surface area contributed by atoms with Gasteiger partial charge < -0.3 is 53.6 Å². The number of nitrogens with one attached hydrogen (secondary N) is 4. The standard InChI is InChI=1S/C36H59N9O8/c1-19(2)17-26(34(51)45-16-8-10-27(45)35(52)53)42-32(49)28(20(3)4)44-33(50)29(21(5)6)43-31(48)25(18-22-11-13-23(46)14-12-22)41-30(47)24(37)9-7-15-40-36(38)39/h11-14,19-21,24-29,46H,7-10,15-18,37H2,1-6H3,(H,41,47)(H,42,49)(H,43,48)(H,44,50)(H,52,53)(H4,38,39,40)/t24-,25-,26-,27-,28-,29-/m0/s1. The summed E-state index contributed by atoms with van der Waals surface area (Å²) in [6.45, 7) is 11.1. The first-order valence-corrected chi connectivity index (χ1v) is 18.2. The number of hydrogen-bond acceptors (Lipinski definition) is 9. The highest BCUT2D eigenvalue weighted by Gasteiger charge is 2.39.